The molecule has 1 heterocycles. The molecule has 0 spiro atoms. The monoisotopic (exact) mass is 249 g/mol. The van der Waals surface area contributed by atoms with Crippen LogP contribution >= 0.6 is 11.8 Å². The molecule has 0 N–H and O–H groups in total. The van der Waals surface area contributed by atoms with Gasteiger partial charge in [0.1, 0.15) is 5.69 Å². The second kappa shape index (κ2) is 6.71. The lowest BCUT2D eigenvalue weighted by molar-refractivity contribution is -0.109. The van der Waals surface area contributed by atoms with Gasteiger partial charge in [-0.1, -0.05) is 23.6 Å². The van der Waals surface area contributed by atoms with Gasteiger partial charge in [0.05, 0.1) is 12.9 Å². The van der Waals surface area contributed by atoms with Gasteiger partial charge in [-0.15, -0.1) is 0 Å². The Morgan fingerprint density at radius 2 is 2.24 bits per heavy atom. The Labute approximate surface area is 104 Å². The Balaban J connectivity index is 2.62. The third kappa shape index (κ3) is 4.70. The van der Waals surface area contributed by atoms with E-state index in [1.54, 1.807) is 12.1 Å². The van der Waals surface area contributed by atoms with Gasteiger partial charge < -0.3 is 4.74 Å². The molecule has 1 aromatic rings. The number of pyridine rings is 1. The summed E-state index contributed by atoms with van der Waals surface area (Å²) < 4.78 is 4.52. The molecule has 0 bridgehead atoms. The number of hydrogen-bond donors (Lipinski definition) is 0. The first-order chi connectivity index (χ1) is 8.13. The van der Waals surface area contributed by atoms with Crippen LogP contribution in [0.5, 0.6) is 0 Å². The summed E-state index contributed by atoms with van der Waals surface area (Å²) in [4.78, 5) is 25.7. The summed E-state index contributed by atoms with van der Waals surface area (Å²) in [5.41, 5.74) is 0.943. The normalized spacial score (nSPS) is 9.06. The van der Waals surface area contributed by atoms with E-state index in [0.717, 1.165) is 11.8 Å². The first kappa shape index (κ1) is 13.3. The predicted octanol–water partition coefficient (Wildman–Crippen LogP) is 1.50. The smallest absolute Gasteiger partial charge is 0.356 e. The molecular weight excluding hydrogens is 238 g/mol. The minimum Gasteiger partial charge on any atom is -0.464 e. The number of methoxy groups -OCH3 is 1. The van der Waals surface area contributed by atoms with Gasteiger partial charge in [0.15, 0.2) is 5.12 Å². The van der Waals surface area contributed by atoms with Crippen molar-refractivity contribution in [2.75, 3.05) is 12.9 Å². The third-order valence-corrected chi connectivity index (χ3v) is 2.43. The SMILES string of the molecule is COC(=O)c1ccc(C#CCSC(C)=O)cn1. The minimum absolute atomic E-state index is 0.0402. The lowest BCUT2D eigenvalue weighted by Gasteiger charge is -1.96. The summed E-state index contributed by atoms with van der Waals surface area (Å²) >= 11 is 1.16. The Bertz CT molecular complexity index is 471. The summed E-state index contributed by atoms with van der Waals surface area (Å²) in [6.07, 6.45) is 1.50. The van der Waals surface area contributed by atoms with Gasteiger partial charge in [-0.2, -0.15) is 0 Å². The van der Waals surface area contributed by atoms with Crippen molar-refractivity contribution in [1.29, 1.82) is 0 Å². The van der Waals surface area contributed by atoms with Crippen LogP contribution in [-0.2, 0) is 9.53 Å². The van der Waals surface area contributed by atoms with Crippen molar-refractivity contribution in [3.8, 4) is 11.8 Å². The number of thioether (sulfide) groups is 1. The lowest BCUT2D eigenvalue weighted by Crippen LogP contribution is -2.03. The third-order valence-electron chi connectivity index (χ3n) is 1.74. The van der Waals surface area contributed by atoms with E-state index in [2.05, 4.69) is 21.6 Å². The second-order valence-corrected chi connectivity index (χ2v) is 4.16. The van der Waals surface area contributed by atoms with Crippen LogP contribution in [0.3, 0.4) is 0 Å². The molecule has 0 saturated heterocycles. The van der Waals surface area contributed by atoms with E-state index in [1.807, 2.05) is 0 Å². The number of carbonyl (C=O) groups is 2. The molecule has 0 aliphatic carbocycles. The summed E-state index contributed by atoms with van der Waals surface area (Å²) in [5, 5.41) is 0.0402. The molecule has 0 aliphatic rings. The Morgan fingerprint density at radius 3 is 2.76 bits per heavy atom. The highest BCUT2D eigenvalue weighted by Crippen LogP contribution is 2.01. The maximum absolute atomic E-state index is 11.1. The highest BCUT2D eigenvalue weighted by Gasteiger charge is 2.04. The van der Waals surface area contributed by atoms with Crippen molar-refractivity contribution < 1.29 is 14.3 Å². The highest BCUT2D eigenvalue weighted by molar-refractivity contribution is 8.13. The molecule has 0 fully saturated rings. The minimum atomic E-state index is -0.475. The summed E-state index contributed by atoms with van der Waals surface area (Å²) in [6, 6.07) is 3.23. The van der Waals surface area contributed by atoms with E-state index in [-0.39, 0.29) is 10.8 Å². The zero-order valence-electron chi connectivity index (χ0n) is 9.52. The Hall–Kier alpha value is -1.80. The maximum Gasteiger partial charge on any atom is 0.356 e. The molecule has 88 valence electrons. The van der Waals surface area contributed by atoms with Gasteiger partial charge in [0.2, 0.25) is 0 Å². The molecule has 0 amide bonds. The van der Waals surface area contributed by atoms with E-state index in [9.17, 15) is 9.59 Å². The molecule has 0 aliphatic heterocycles. The van der Waals surface area contributed by atoms with Crippen molar-refractivity contribution in [1.82, 2.24) is 4.98 Å². The van der Waals surface area contributed by atoms with Gasteiger partial charge in [-0.3, -0.25) is 4.79 Å². The van der Waals surface area contributed by atoms with Crippen LogP contribution < -0.4 is 0 Å². The van der Waals surface area contributed by atoms with Gasteiger partial charge in [0.25, 0.3) is 0 Å². The van der Waals surface area contributed by atoms with E-state index in [4.69, 9.17) is 0 Å². The van der Waals surface area contributed by atoms with Gasteiger partial charge in [-0.25, -0.2) is 9.78 Å². The zero-order valence-corrected chi connectivity index (χ0v) is 10.3. The molecule has 0 saturated carbocycles. The molecule has 1 aromatic heterocycles. The van der Waals surface area contributed by atoms with Gasteiger partial charge in [-0.05, 0) is 12.1 Å². The van der Waals surface area contributed by atoms with Crippen molar-refractivity contribution in [3.05, 3.63) is 29.6 Å². The molecule has 0 atom stereocenters. The van der Waals surface area contributed by atoms with Crippen molar-refractivity contribution in [2.45, 2.75) is 6.92 Å². The summed E-state index contributed by atoms with van der Waals surface area (Å²) in [5.74, 6) is 5.66. The number of aromatic nitrogens is 1. The van der Waals surface area contributed by atoms with E-state index >= 15 is 0 Å². The fourth-order valence-corrected chi connectivity index (χ4v) is 1.32. The van der Waals surface area contributed by atoms with Gasteiger partial charge in [0, 0.05) is 18.7 Å². The average Bonchev–Trinajstić information content (AvgIpc) is 2.34. The first-order valence-corrected chi connectivity index (χ1v) is 5.78. The molecule has 0 aromatic carbocycles. The molecule has 0 radical (unpaired) electrons. The second-order valence-electron chi connectivity index (χ2n) is 3.01. The number of carbonyl (C=O) groups excluding carboxylic acids is 2. The van der Waals surface area contributed by atoms with Crippen molar-refractivity contribution in [3.63, 3.8) is 0 Å². The lowest BCUT2D eigenvalue weighted by atomic mass is 10.2. The van der Waals surface area contributed by atoms with Crippen molar-refractivity contribution >= 4 is 22.8 Å². The number of esters is 1. The fraction of sp³-hybridized carbons (Fsp3) is 0.250. The van der Waals surface area contributed by atoms with Crippen LogP contribution in [0.2, 0.25) is 0 Å². The van der Waals surface area contributed by atoms with Crippen LogP contribution in [0.25, 0.3) is 0 Å². The molecule has 4 nitrogen and oxygen atoms in total. The zero-order chi connectivity index (χ0) is 12.7. The quantitative estimate of drug-likeness (QED) is 0.587. The number of nitrogens with zero attached hydrogens (tertiary/aromatic N) is 1. The molecular formula is C12H11NO3S. The fourth-order valence-electron chi connectivity index (χ4n) is 0.969. The standard InChI is InChI=1S/C12H11NO3S/c1-9(14)17-7-3-4-10-5-6-11(13-8-10)12(15)16-2/h5-6,8H,7H2,1-2H3. The Kier molecular flexibility index (Phi) is 5.24. The Morgan fingerprint density at radius 1 is 1.47 bits per heavy atom. The highest BCUT2D eigenvalue weighted by atomic mass is 32.2. The van der Waals surface area contributed by atoms with Crippen LogP contribution in [0.4, 0.5) is 0 Å². The van der Waals surface area contributed by atoms with E-state index < -0.39 is 5.97 Å². The molecule has 1 rings (SSSR count). The van der Waals surface area contributed by atoms with Crippen LogP contribution in [0.15, 0.2) is 18.3 Å². The van der Waals surface area contributed by atoms with Crippen LogP contribution in [-0.4, -0.2) is 28.9 Å². The summed E-state index contributed by atoms with van der Waals surface area (Å²) in [7, 11) is 1.30. The average molecular weight is 249 g/mol. The maximum atomic E-state index is 11.1. The molecule has 17 heavy (non-hydrogen) atoms. The largest absolute Gasteiger partial charge is 0.464 e. The summed E-state index contributed by atoms with van der Waals surface area (Å²) in [6.45, 7) is 1.50. The number of hydrogen-bond acceptors (Lipinski definition) is 5. The van der Waals surface area contributed by atoms with Gasteiger partial charge >= 0.3 is 5.97 Å². The molecule has 5 heteroatoms. The van der Waals surface area contributed by atoms with Crippen LogP contribution in [0, 0.1) is 11.8 Å². The number of rotatable bonds is 2. The predicted molar refractivity (Wildman–Crippen MR) is 65.6 cm³/mol. The number of ether oxygens (including phenoxy) is 1. The van der Waals surface area contributed by atoms with Crippen LogP contribution in [0.1, 0.15) is 23.0 Å². The van der Waals surface area contributed by atoms with E-state index in [0.29, 0.717) is 11.3 Å². The van der Waals surface area contributed by atoms with Crippen molar-refractivity contribution in [2.24, 2.45) is 0 Å². The molecule has 0 unspecified atom stereocenters. The van der Waals surface area contributed by atoms with E-state index in [1.165, 1.54) is 20.2 Å². The first-order valence-electron chi connectivity index (χ1n) is 4.80. The topological polar surface area (TPSA) is 56.3 Å².